The summed E-state index contributed by atoms with van der Waals surface area (Å²) >= 11 is 3.55. The molecule has 3 aromatic heterocycles. The molecule has 0 atom stereocenters. The molecule has 0 aliphatic heterocycles. The number of aryl methyl sites for hydroxylation is 1. The molecular formula is C15H20BrN7. The van der Waals surface area contributed by atoms with E-state index >= 15 is 0 Å². The molecule has 0 radical (unpaired) electrons. The van der Waals surface area contributed by atoms with Gasteiger partial charge in [-0.1, -0.05) is 13.8 Å². The van der Waals surface area contributed by atoms with Gasteiger partial charge in [0.1, 0.15) is 5.82 Å². The number of aromatic nitrogens is 5. The summed E-state index contributed by atoms with van der Waals surface area (Å²) in [5.74, 6) is 0.560. The van der Waals surface area contributed by atoms with E-state index < -0.39 is 0 Å². The Kier molecular flexibility index (Phi) is 4.36. The van der Waals surface area contributed by atoms with Crippen LogP contribution < -0.4 is 11.1 Å². The molecule has 7 nitrogen and oxygen atoms in total. The summed E-state index contributed by atoms with van der Waals surface area (Å²) in [5.41, 5.74) is 9.79. The van der Waals surface area contributed by atoms with Crippen LogP contribution in [0.4, 0.5) is 5.82 Å². The molecule has 0 bridgehead atoms. The molecule has 0 saturated carbocycles. The average Bonchev–Trinajstić information content (AvgIpc) is 3.09. The SMILES string of the molecule is CC(C)NCCc1nc2c(-c3cnn(C)c3)cnn2c(N)c1Br. The zero-order chi connectivity index (χ0) is 16.6. The van der Waals surface area contributed by atoms with Gasteiger partial charge >= 0.3 is 0 Å². The van der Waals surface area contributed by atoms with Gasteiger partial charge in [0, 0.05) is 43.4 Å². The highest BCUT2D eigenvalue weighted by Gasteiger charge is 2.16. The molecule has 122 valence electrons. The van der Waals surface area contributed by atoms with Crippen LogP contribution >= 0.6 is 15.9 Å². The van der Waals surface area contributed by atoms with Crippen LogP contribution in [-0.2, 0) is 13.5 Å². The summed E-state index contributed by atoms with van der Waals surface area (Å²) in [7, 11) is 1.89. The Morgan fingerprint density at radius 3 is 2.74 bits per heavy atom. The lowest BCUT2D eigenvalue weighted by atomic mass is 10.2. The molecule has 8 heteroatoms. The number of rotatable bonds is 5. The second kappa shape index (κ2) is 6.29. The minimum absolute atomic E-state index is 0.441. The van der Waals surface area contributed by atoms with Crippen molar-refractivity contribution in [3.05, 3.63) is 28.8 Å². The van der Waals surface area contributed by atoms with Crippen LogP contribution in [0.3, 0.4) is 0 Å². The topological polar surface area (TPSA) is 86.1 Å². The van der Waals surface area contributed by atoms with Crippen molar-refractivity contribution in [2.45, 2.75) is 26.3 Å². The summed E-state index contributed by atoms with van der Waals surface area (Å²) in [6, 6.07) is 0.441. The number of nitrogen functional groups attached to an aromatic ring is 1. The fourth-order valence-electron chi connectivity index (χ4n) is 2.45. The molecule has 0 amide bonds. The number of anilines is 1. The predicted molar refractivity (Wildman–Crippen MR) is 94.1 cm³/mol. The predicted octanol–water partition coefficient (Wildman–Crippen LogP) is 2.01. The molecule has 3 aromatic rings. The molecule has 0 fully saturated rings. The maximum atomic E-state index is 6.22. The van der Waals surface area contributed by atoms with Crippen molar-refractivity contribution in [1.82, 2.24) is 29.7 Å². The number of nitrogens with two attached hydrogens (primary N) is 1. The van der Waals surface area contributed by atoms with E-state index in [0.717, 1.165) is 39.9 Å². The highest BCUT2D eigenvalue weighted by Crippen LogP contribution is 2.29. The van der Waals surface area contributed by atoms with Gasteiger partial charge < -0.3 is 11.1 Å². The minimum Gasteiger partial charge on any atom is -0.383 e. The standard InChI is InChI=1S/C15H20BrN7/c1-9(2)18-5-4-12-13(16)14(17)23-15(21-12)11(7-20-23)10-6-19-22(3)8-10/h6-9,18H,4-5,17H2,1-3H3. The van der Waals surface area contributed by atoms with Crippen LogP contribution in [0.15, 0.2) is 23.1 Å². The lowest BCUT2D eigenvalue weighted by molar-refractivity contribution is 0.586. The van der Waals surface area contributed by atoms with E-state index in [1.54, 1.807) is 21.6 Å². The van der Waals surface area contributed by atoms with Gasteiger partial charge in [0.05, 0.1) is 22.6 Å². The summed E-state index contributed by atoms with van der Waals surface area (Å²) in [4.78, 5) is 4.77. The Labute approximate surface area is 143 Å². The van der Waals surface area contributed by atoms with Crippen molar-refractivity contribution in [2.24, 2.45) is 7.05 Å². The fraction of sp³-hybridized carbons (Fsp3) is 0.400. The van der Waals surface area contributed by atoms with E-state index in [1.807, 2.05) is 13.2 Å². The van der Waals surface area contributed by atoms with Crippen molar-refractivity contribution in [2.75, 3.05) is 12.3 Å². The van der Waals surface area contributed by atoms with Crippen LogP contribution in [0.1, 0.15) is 19.5 Å². The summed E-state index contributed by atoms with van der Waals surface area (Å²) in [6.45, 7) is 5.09. The first kappa shape index (κ1) is 15.9. The van der Waals surface area contributed by atoms with Crippen LogP contribution in [0, 0.1) is 0 Å². The van der Waals surface area contributed by atoms with Crippen molar-refractivity contribution in [3.63, 3.8) is 0 Å². The third-order valence-corrected chi connectivity index (χ3v) is 4.49. The molecule has 3 rings (SSSR count). The summed E-state index contributed by atoms with van der Waals surface area (Å²) < 4.78 is 4.22. The molecule has 0 aromatic carbocycles. The van der Waals surface area contributed by atoms with Crippen molar-refractivity contribution < 1.29 is 0 Å². The van der Waals surface area contributed by atoms with E-state index in [2.05, 4.69) is 45.3 Å². The Balaban J connectivity index is 2.03. The van der Waals surface area contributed by atoms with Crippen molar-refractivity contribution in [3.8, 4) is 11.1 Å². The first-order valence-corrected chi connectivity index (χ1v) is 8.30. The zero-order valence-corrected chi connectivity index (χ0v) is 15.0. The van der Waals surface area contributed by atoms with Gasteiger partial charge in [-0.3, -0.25) is 4.68 Å². The van der Waals surface area contributed by atoms with E-state index in [4.69, 9.17) is 10.7 Å². The fourth-order valence-corrected chi connectivity index (χ4v) is 2.91. The van der Waals surface area contributed by atoms with Gasteiger partial charge in [0.2, 0.25) is 0 Å². The van der Waals surface area contributed by atoms with Crippen molar-refractivity contribution in [1.29, 1.82) is 0 Å². The van der Waals surface area contributed by atoms with Crippen LogP contribution in [-0.4, -0.2) is 37.0 Å². The monoisotopic (exact) mass is 377 g/mol. The second-order valence-corrected chi connectivity index (χ2v) is 6.61. The zero-order valence-electron chi connectivity index (χ0n) is 13.4. The van der Waals surface area contributed by atoms with Gasteiger partial charge in [-0.15, -0.1) is 0 Å². The normalized spacial score (nSPS) is 11.7. The third kappa shape index (κ3) is 3.09. The minimum atomic E-state index is 0.441. The van der Waals surface area contributed by atoms with Gasteiger partial charge in [-0.2, -0.15) is 14.7 Å². The van der Waals surface area contributed by atoms with E-state index in [0.29, 0.717) is 11.9 Å². The van der Waals surface area contributed by atoms with Crippen LogP contribution in [0.2, 0.25) is 0 Å². The van der Waals surface area contributed by atoms with Gasteiger partial charge in [0.15, 0.2) is 5.65 Å². The Bertz CT molecular complexity index is 834. The Hall–Kier alpha value is -1.93. The lowest BCUT2D eigenvalue weighted by Gasteiger charge is -2.11. The van der Waals surface area contributed by atoms with E-state index in [9.17, 15) is 0 Å². The molecule has 0 saturated heterocycles. The van der Waals surface area contributed by atoms with Gasteiger partial charge in [-0.25, -0.2) is 4.98 Å². The molecule has 0 unspecified atom stereocenters. The third-order valence-electron chi connectivity index (χ3n) is 3.62. The molecule has 0 spiro atoms. The molecule has 3 heterocycles. The van der Waals surface area contributed by atoms with Crippen molar-refractivity contribution >= 4 is 27.4 Å². The van der Waals surface area contributed by atoms with Crippen LogP contribution in [0.5, 0.6) is 0 Å². The van der Waals surface area contributed by atoms with Gasteiger partial charge in [0.25, 0.3) is 0 Å². The number of hydrogen-bond donors (Lipinski definition) is 2. The van der Waals surface area contributed by atoms with E-state index in [-0.39, 0.29) is 0 Å². The highest BCUT2D eigenvalue weighted by molar-refractivity contribution is 9.10. The number of hydrogen-bond acceptors (Lipinski definition) is 5. The maximum absolute atomic E-state index is 6.22. The Morgan fingerprint density at radius 1 is 1.30 bits per heavy atom. The smallest absolute Gasteiger partial charge is 0.165 e. The lowest BCUT2D eigenvalue weighted by Crippen LogP contribution is -2.25. The number of halogens is 1. The number of nitrogens with one attached hydrogen (secondary N) is 1. The average molecular weight is 378 g/mol. The molecule has 3 N–H and O–H groups in total. The first-order valence-electron chi connectivity index (χ1n) is 7.51. The molecule has 0 aliphatic carbocycles. The highest BCUT2D eigenvalue weighted by atomic mass is 79.9. The van der Waals surface area contributed by atoms with Crippen LogP contribution in [0.25, 0.3) is 16.8 Å². The molecule has 23 heavy (non-hydrogen) atoms. The second-order valence-electron chi connectivity index (χ2n) is 5.81. The Morgan fingerprint density at radius 2 is 2.09 bits per heavy atom. The maximum Gasteiger partial charge on any atom is 0.165 e. The molecule has 0 aliphatic rings. The summed E-state index contributed by atoms with van der Waals surface area (Å²) in [5, 5.41) is 12.0. The van der Waals surface area contributed by atoms with E-state index in [1.165, 1.54) is 0 Å². The number of fused-ring (bicyclic) bond motifs is 1. The quantitative estimate of drug-likeness (QED) is 0.710. The molecular weight excluding hydrogens is 358 g/mol. The first-order chi connectivity index (χ1) is 11.0. The van der Waals surface area contributed by atoms with Gasteiger partial charge in [-0.05, 0) is 15.9 Å². The number of nitrogens with zero attached hydrogens (tertiary/aromatic N) is 5. The largest absolute Gasteiger partial charge is 0.383 e. The summed E-state index contributed by atoms with van der Waals surface area (Å²) in [6.07, 6.45) is 6.31.